The highest BCUT2D eigenvalue weighted by atomic mass is 19.1. The fourth-order valence-corrected chi connectivity index (χ4v) is 3.39. The SMILES string of the molecule is Cc1cc(C)c(CNC(=O)c2cc(F)c([C@@H](C)Oc3ccccc3)cc2C)c(=O)[nH]1. The second-order valence-corrected chi connectivity index (χ2v) is 7.39. The van der Waals surface area contributed by atoms with Crippen molar-refractivity contribution in [1.29, 1.82) is 0 Å². The topological polar surface area (TPSA) is 71.2 Å². The lowest BCUT2D eigenvalue weighted by molar-refractivity contribution is 0.0949. The van der Waals surface area contributed by atoms with Crippen LogP contribution in [0, 0.1) is 26.6 Å². The summed E-state index contributed by atoms with van der Waals surface area (Å²) in [5.74, 6) is -0.310. The number of pyridine rings is 1. The van der Waals surface area contributed by atoms with E-state index >= 15 is 0 Å². The molecule has 0 unspecified atom stereocenters. The molecule has 156 valence electrons. The maximum Gasteiger partial charge on any atom is 0.253 e. The lowest BCUT2D eigenvalue weighted by Crippen LogP contribution is -2.28. The lowest BCUT2D eigenvalue weighted by Gasteiger charge is -2.18. The average Bonchev–Trinajstić information content (AvgIpc) is 2.69. The number of amides is 1. The number of nitrogens with one attached hydrogen (secondary N) is 2. The van der Waals surface area contributed by atoms with Gasteiger partial charge in [-0.3, -0.25) is 9.59 Å². The van der Waals surface area contributed by atoms with E-state index in [0.29, 0.717) is 22.4 Å². The predicted octanol–water partition coefficient (Wildman–Crippen LogP) is 4.51. The molecule has 1 atom stereocenters. The number of halogens is 1. The van der Waals surface area contributed by atoms with Crippen molar-refractivity contribution in [2.75, 3.05) is 0 Å². The van der Waals surface area contributed by atoms with Gasteiger partial charge in [-0.15, -0.1) is 0 Å². The molecule has 0 aliphatic heterocycles. The molecule has 0 aliphatic carbocycles. The second kappa shape index (κ2) is 8.95. The van der Waals surface area contributed by atoms with Gasteiger partial charge in [-0.2, -0.15) is 0 Å². The third kappa shape index (κ3) is 4.76. The van der Waals surface area contributed by atoms with Crippen molar-refractivity contribution >= 4 is 5.91 Å². The molecule has 30 heavy (non-hydrogen) atoms. The minimum absolute atomic E-state index is 0.0661. The van der Waals surface area contributed by atoms with Crippen LogP contribution in [0.4, 0.5) is 4.39 Å². The Morgan fingerprint density at radius 2 is 1.80 bits per heavy atom. The minimum atomic E-state index is -0.517. The van der Waals surface area contributed by atoms with Crippen LogP contribution in [0.5, 0.6) is 5.75 Å². The van der Waals surface area contributed by atoms with Crippen LogP contribution in [-0.4, -0.2) is 10.9 Å². The number of ether oxygens (including phenoxy) is 1. The first-order valence-electron chi connectivity index (χ1n) is 9.75. The normalized spacial score (nSPS) is 11.8. The number of H-pyrrole nitrogens is 1. The van der Waals surface area contributed by atoms with Gasteiger partial charge in [0.2, 0.25) is 0 Å². The standard InChI is InChI=1S/C24H25FN2O3/c1-14-10-16(3)27-24(29)21(14)13-26-23(28)19-12-22(25)20(11-15(19)2)17(4)30-18-8-6-5-7-9-18/h5-12,17H,13H2,1-4H3,(H,26,28)(H,27,29)/t17-/m1/s1. The third-order valence-electron chi connectivity index (χ3n) is 5.00. The van der Waals surface area contributed by atoms with E-state index in [0.717, 1.165) is 11.3 Å². The van der Waals surface area contributed by atoms with Gasteiger partial charge >= 0.3 is 0 Å². The summed E-state index contributed by atoms with van der Waals surface area (Å²) < 4.78 is 20.6. The molecule has 3 rings (SSSR count). The van der Waals surface area contributed by atoms with Crippen LogP contribution in [0.15, 0.2) is 53.3 Å². The molecule has 5 nitrogen and oxygen atoms in total. The van der Waals surface area contributed by atoms with Gasteiger partial charge in [0.15, 0.2) is 0 Å². The van der Waals surface area contributed by atoms with Crippen molar-refractivity contribution in [2.24, 2.45) is 0 Å². The van der Waals surface area contributed by atoms with E-state index in [4.69, 9.17) is 4.74 Å². The van der Waals surface area contributed by atoms with Crippen molar-refractivity contribution in [3.05, 3.63) is 98.2 Å². The van der Waals surface area contributed by atoms with Gasteiger partial charge in [0.05, 0.1) is 0 Å². The van der Waals surface area contributed by atoms with E-state index in [9.17, 15) is 14.0 Å². The van der Waals surface area contributed by atoms with Gasteiger partial charge < -0.3 is 15.0 Å². The second-order valence-electron chi connectivity index (χ2n) is 7.39. The first-order valence-corrected chi connectivity index (χ1v) is 9.75. The summed E-state index contributed by atoms with van der Waals surface area (Å²) in [4.78, 5) is 27.5. The molecule has 0 saturated heterocycles. The quantitative estimate of drug-likeness (QED) is 0.630. The number of carbonyl (C=O) groups is 1. The average molecular weight is 408 g/mol. The predicted molar refractivity (Wildman–Crippen MR) is 114 cm³/mol. The zero-order valence-corrected chi connectivity index (χ0v) is 17.5. The molecular weight excluding hydrogens is 383 g/mol. The van der Waals surface area contributed by atoms with Crippen LogP contribution in [0.25, 0.3) is 0 Å². The zero-order chi connectivity index (χ0) is 21.8. The molecule has 1 amide bonds. The van der Waals surface area contributed by atoms with Crippen LogP contribution in [-0.2, 0) is 6.54 Å². The number of hydrogen-bond acceptors (Lipinski definition) is 3. The maximum absolute atomic E-state index is 14.8. The van der Waals surface area contributed by atoms with E-state index in [1.165, 1.54) is 6.07 Å². The Balaban J connectivity index is 1.76. The van der Waals surface area contributed by atoms with Crippen molar-refractivity contribution in [1.82, 2.24) is 10.3 Å². The summed E-state index contributed by atoms with van der Waals surface area (Å²) in [5, 5.41) is 2.72. The maximum atomic E-state index is 14.8. The van der Waals surface area contributed by atoms with Crippen molar-refractivity contribution in [2.45, 2.75) is 40.3 Å². The molecule has 3 aromatic rings. The first kappa shape index (κ1) is 21.3. The van der Waals surface area contributed by atoms with Crippen molar-refractivity contribution in [3.8, 4) is 5.75 Å². The number of aryl methyl sites for hydroxylation is 3. The summed E-state index contributed by atoms with van der Waals surface area (Å²) in [5.41, 5.74) is 3.02. The van der Waals surface area contributed by atoms with E-state index in [2.05, 4.69) is 10.3 Å². The van der Waals surface area contributed by atoms with Crippen LogP contribution in [0.1, 0.15) is 51.3 Å². The van der Waals surface area contributed by atoms with Gasteiger partial charge in [0.1, 0.15) is 17.7 Å². The van der Waals surface area contributed by atoms with Gasteiger partial charge in [-0.05, 0) is 69.2 Å². The number of aromatic amines is 1. The van der Waals surface area contributed by atoms with E-state index in [-0.39, 0.29) is 17.7 Å². The number of benzene rings is 2. The molecule has 0 spiro atoms. The fraction of sp³-hybridized carbons (Fsp3) is 0.250. The van der Waals surface area contributed by atoms with Gasteiger partial charge in [-0.1, -0.05) is 18.2 Å². The Kier molecular flexibility index (Phi) is 6.35. The van der Waals surface area contributed by atoms with Crippen LogP contribution < -0.4 is 15.6 Å². The highest BCUT2D eigenvalue weighted by molar-refractivity contribution is 5.95. The molecule has 6 heteroatoms. The third-order valence-corrected chi connectivity index (χ3v) is 5.00. The first-order chi connectivity index (χ1) is 14.3. The van der Waals surface area contributed by atoms with Gasteiger partial charge in [0.25, 0.3) is 11.5 Å². The largest absolute Gasteiger partial charge is 0.486 e. The molecule has 2 N–H and O–H groups in total. The number of rotatable bonds is 6. The fourth-order valence-electron chi connectivity index (χ4n) is 3.39. The molecule has 0 bridgehead atoms. The van der Waals surface area contributed by atoms with Crippen molar-refractivity contribution < 1.29 is 13.9 Å². The van der Waals surface area contributed by atoms with E-state index in [1.54, 1.807) is 39.0 Å². The molecule has 0 aliphatic rings. The molecule has 2 aromatic carbocycles. The summed E-state index contributed by atoms with van der Waals surface area (Å²) in [6.45, 7) is 7.19. The number of hydrogen-bond donors (Lipinski definition) is 2. The summed E-state index contributed by atoms with van der Waals surface area (Å²) in [6.07, 6.45) is -0.517. The molecule has 1 heterocycles. The summed E-state index contributed by atoms with van der Waals surface area (Å²) >= 11 is 0. The minimum Gasteiger partial charge on any atom is -0.486 e. The van der Waals surface area contributed by atoms with E-state index < -0.39 is 17.8 Å². The van der Waals surface area contributed by atoms with Crippen LogP contribution in [0.2, 0.25) is 0 Å². The molecule has 0 radical (unpaired) electrons. The molecule has 1 aromatic heterocycles. The Morgan fingerprint density at radius 3 is 2.47 bits per heavy atom. The Hall–Kier alpha value is -3.41. The monoisotopic (exact) mass is 408 g/mol. The molecule has 0 saturated carbocycles. The summed E-state index contributed by atoms with van der Waals surface area (Å²) in [6, 6.07) is 13.9. The van der Waals surface area contributed by atoms with Crippen LogP contribution in [0.3, 0.4) is 0 Å². The number of para-hydroxylation sites is 1. The van der Waals surface area contributed by atoms with Gasteiger partial charge in [-0.25, -0.2) is 4.39 Å². The Labute approximate surface area is 174 Å². The molecule has 0 fully saturated rings. The van der Waals surface area contributed by atoms with E-state index in [1.807, 2.05) is 31.2 Å². The number of aromatic nitrogens is 1. The van der Waals surface area contributed by atoms with Crippen molar-refractivity contribution in [3.63, 3.8) is 0 Å². The zero-order valence-electron chi connectivity index (χ0n) is 17.5. The molecular formula is C24H25FN2O3. The summed E-state index contributed by atoms with van der Waals surface area (Å²) in [7, 11) is 0. The van der Waals surface area contributed by atoms with Crippen LogP contribution >= 0.6 is 0 Å². The Morgan fingerprint density at radius 1 is 1.10 bits per heavy atom. The van der Waals surface area contributed by atoms with Gasteiger partial charge in [0, 0.05) is 28.9 Å². The highest BCUT2D eigenvalue weighted by Gasteiger charge is 2.19. The highest BCUT2D eigenvalue weighted by Crippen LogP contribution is 2.26. The Bertz CT molecular complexity index is 1120. The smallest absolute Gasteiger partial charge is 0.253 e. The number of carbonyl (C=O) groups excluding carboxylic acids is 1. The lowest BCUT2D eigenvalue weighted by atomic mass is 10.0.